The lowest BCUT2D eigenvalue weighted by Crippen LogP contribution is -1.78. The second kappa shape index (κ2) is 7.35. The van der Waals surface area contributed by atoms with Gasteiger partial charge < -0.3 is 0 Å². The molecule has 0 bridgehead atoms. The van der Waals surface area contributed by atoms with Crippen molar-refractivity contribution in [2.75, 3.05) is 0 Å². The first-order valence-corrected chi connectivity index (χ1v) is 4.68. The first kappa shape index (κ1) is 11.7. The van der Waals surface area contributed by atoms with Gasteiger partial charge in [-0.15, -0.1) is 0 Å². The minimum Gasteiger partial charge on any atom is -0.0991 e. The fourth-order valence-electron chi connectivity index (χ4n) is 0.977. The van der Waals surface area contributed by atoms with Crippen LogP contribution in [-0.2, 0) is 0 Å². The highest BCUT2D eigenvalue weighted by Gasteiger charge is 1.99. The molecule has 0 saturated heterocycles. The lowest BCUT2D eigenvalue weighted by Gasteiger charge is -1.97. The standard InChI is InChI=1S/C11H12.C2H6/c1-3-4-7-10(2)11-8-5-6-9-11;1-2/h3-8H,1-2,9H2;1-2H3/b7-4-;. The molecule has 1 aliphatic carbocycles. The van der Waals surface area contributed by atoms with Gasteiger partial charge in [-0.1, -0.05) is 63.5 Å². The summed E-state index contributed by atoms with van der Waals surface area (Å²) >= 11 is 0. The summed E-state index contributed by atoms with van der Waals surface area (Å²) in [4.78, 5) is 0. The van der Waals surface area contributed by atoms with Crippen molar-refractivity contribution in [2.45, 2.75) is 20.3 Å². The van der Waals surface area contributed by atoms with Gasteiger partial charge in [0.05, 0.1) is 0 Å². The monoisotopic (exact) mass is 174 g/mol. The molecule has 0 aromatic rings. The van der Waals surface area contributed by atoms with E-state index in [1.165, 1.54) is 5.57 Å². The molecular weight excluding hydrogens is 156 g/mol. The summed E-state index contributed by atoms with van der Waals surface area (Å²) in [5.74, 6) is 0. The minimum absolute atomic E-state index is 1.01. The average Bonchev–Trinajstić information content (AvgIpc) is 2.70. The Balaban J connectivity index is 0.000000671. The molecule has 0 aromatic carbocycles. The molecule has 70 valence electrons. The first-order chi connectivity index (χ1) is 6.34. The van der Waals surface area contributed by atoms with Gasteiger partial charge in [0, 0.05) is 0 Å². The van der Waals surface area contributed by atoms with Gasteiger partial charge in [0.25, 0.3) is 0 Å². The van der Waals surface area contributed by atoms with Crippen LogP contribution in [0.15, 0.2) is 60.8 Å². The molecule has 0 heterocycles. The number of allylic oxidation sites excluding steroid dienone is 8. The maximum absolute atomic E-state index is 3.93. The molecule has 0 heteroatoms. The van der Waals surface area contributed by atoms with E-state index < -0.39 is 0 Å². The summed E-state index contributed by atoms with van der Waals surface area (Å²) in [6.07, 6.45) is 12.9. The fraction of sp³-hybridized carbons (Fsp3) is 0.231. The summed E-state index contributed by atoms with van der Waals surface area (Å²) in [5.41, 5.74) is 2.37. The van der Waals surface area contributed by atoms with Crippen molar-refractivity contribution in [3.8, 4) is 0 Å². The molecule has 0 unspecified atom stereocenters. The highest BCUT2D eigenvalue weighted by molar-refractivity contribution is 5.44. The first-order valence-electron chi connectivity index (χ1n) is 4.68. The van der Waals surface area contributed by atoms with E-state index in [0.29, 0.717) is 0 Å². The zero-order chi connectivity index (χ0) is 10.1. The third-order valence-corrected chi connectivity index (χ3v) is 1.62. The van der Waals surface area contributed by atoms with Crippen molar-refractivity contribution in [3.63, 3.8) is 0 Å². The molecule has 0 fully saturated rings. The molecule has 0 aromatic heterocycles. The van der Waals surface area contributed by atoms with E-state index >= 15 is 0 Å². The number of rotatable bonds is 3. The molecule has 0 radical (unpaired) electrons. The Labute approximate surface area is 81.7 Å². The fourth-order valence-corrected chi connectivity index (χ4v) is 0.977. The molecule has 1 aliphatic rings. The van der Waals surface area contributed by atoms with Crippen LogP contribution in [0.4, 0.5) is 0 Å². The Hall–Kier alpha value is -1.30. The lowest BCUT2D eigenvalue weighted by atomic mass is 10.1. The van der Waals surface area contributed by atoms with Gasteiger partial charge in [-0.3, -0.25) is 0 Å². The van der Waals surface area contributed by atoms with Crippen LogP contribution >= 0.6 is 0 Å². The largest absolute Gasteiger partial charge is 0.0991 e. The van der Waals surface area contributed by atoms with Crippen LogP contribution in [0.2, 0.25) is 0 Å². The summed E-state index contributed by atoms with van der Waals surface area (Å²) in [5, 5.41) is 0. The number of hydrogen-bond donors (Lipinski definition) is 0. The predicted molar refractivity (Wildman–Crippen MR) is 61.7 cm³/mol. The molecule has 0 aliphatic heterocycles. The van der Waals surface area contributed by atoms with Crippen LogP contribution in [0.5, 0.6) is 0 Å². The Bertz CT molecular complexity index is 249. The topological polar surface area (TPSA) is 0 Å². The number of hydrogen-bond acceptors (Lipinski definition) is 0. The van der Waals surface area contributed by atoms with E-state index in [9.17, 15) is 0 Å². The van der Waals surface area contributed by atoms with Gasteiger partial charge in [0.1, 0.15) is 0 Å². The molecule has 13 heavy (non-hydrogen) atoms. The SMILES string of the molecule is C=C/C=C\C(=C)C1=CC=CC1.CC. The third-order valence-electron chi connectivity index (χ3n) is 1.62. The lowest BCUT2D eigenvalue weighted by molar-refractivity contribution is 1.29. The molecule has 0 N–H and O–H groups in total. The summed E-state index contributed by atoms with van der Waals surface area (Å²) < 4.78 is 0. The Morgan fingerprint density at radius 3 is 2.62 bits per heavy atom. The molecule has 0 atom stereocenters. The molecular formula is C13H18. The summed E-state index contributed by atoms with van der Waals surface area (Å²) in [6, 6.07) is 0. The van der Waals surface area contributed by atoms with Crippen molar-refractivity contribution in [3.05, 3.63) is 60.8 Å². The van der Waals surface area contributed by atoms with Gasteiger partial charge in [0.15, 0.2) is 0 Å². The molecule has 0 nitrogen and oxygen atoms in total. The molecule has 0 spiro atoms. The van der Waals surface area contributed by atoms with E-state index in [2.05, 4.69) is 31.4 Å². The average molecular weight is 174 g/mol. The van der Waals surface area contributed by atoms with Crippen LogP contribution in [0.1, 0.15) is 20.3 Å². The van der Waals surface area contributed by atoms with Crippen LogP contribution in [0.3, 0.4) is 0 Å². The molecule has 1 rings (SSSR count). The van der Waals surface area contributed by atoms with Crippen LogP contribution in [-0.4, -0.2) is 0 Å². The van der Waals surface area contributed by atoms with E-state index in [-0.39, 0.29) is 0 Å². The van der Waals surface area contributed by atoms with E-state index in [4.69, 9.17) is 0 Å². The van der Waals surface area contributed by atoms with Crippen molar-refractivity contribution in [1.82, 2.24) is 0 Å². The zero-order valence-corrected chi connectivity index (χ0v) is 8.59. The van der Waals surface area contributed by atoms with Crippen LogP contribution in [0.25, 0.3) is 0 Å². The van der Waals surface area contributed by atoms with Crippen molar-refractivity contribution < 1.29 is 0 Å². The third kappa shape index (κ3) is 4.32. The second-order valence-electron chi connectivity index (χ2n) is 2.44. The van der Waals surface area contributed by atoms with Crippen molar-refractivity contribution in [1.29, 1.82) is 0 Å². The van der Waals surface area contributed by atoms with Gasteiger partial charge in [-0.2, -0.15) is 0 Å². The highest BCUT2D eigenvalue weighted by Crippen LogP contribution is 2.18. The summed E-state index contributed by atoms with van der Waals surface area (Å²) in [7, 11) is 0. The predicted octanol–water partition coefficient (Wildman–Crippen LogP) is 4.20. The zero-order valence-electron chi connectivity index (χ0n) is 8.59. The van der Waals surface area contributed by atoms with Crippen LogP contribution < -0.4 is 0 Å². The maximum atomic E-state index is 3.93. The Morgan fingerprint density at radius 2 is 2.15 bits per heavy atom. The maximum Gasteiger partial charge on any atom is -0.00886 e. The minimum atomic E-state index is 1.01. The van der Waals surface area contributed by atoms with E-state index in [1.807, 2.05) is 26.0 Å². The van der Waals surface area contributed by atoms with E-state index in [0.717, 1.165) is 12.0 Å². The Morgan fingerprint density at radius 1 is 1.46 bits per heavy atom. The quantitative estimate of drug-likeness (QED) is 0.562. The van der Waals surface area contributed by atoms with Crippen molar-refractivity contribution in [2.24, 2.45) is 0 Å². The second-order valence-corrected chi connectivity index (χ2v) is 2.44. The van der Waals surface area contributed by atoms with Gasteiger partial charge in [-0.25, -0.2) is 0 Å². The molecule has 0 amide bonds. The van der Waals surface area contributed by atoms with Gasteiger partial charge in [-0.05, 0) is 17.6 Å². The normalized spacial score (nSPS) is 13.5. The van der Waals surface area contributed by atoms with E-state index in [1.54, 1.807) is 6.08 Å². The Kier molecular flexibility index (Phi) is 6.62. The van der Waals surface area contributed by atoms with Gasteiger partial charge in [0.2, 0.25) is 0 Å². The van der Waals surface area contributed by atoms with Crippen LogP contribution in [0, 0.1) is 0 Å². The smallest absolute Gasteiger partial charge is 0.00886 e. The van der Waals surface area contributed by atoms with Crippen molar-refractivity contribution >= 4 is 0 Å². The highest BCUT2D eigenvalue weighted by atomic mass is 14.0. The van der Waals surface area contributed by atoms with Gasteiger partial charge >= 0.3 is 0 Å². The molecule has 0 saturated carbocycles. The summed E-state index contributed by atoms with van der Waals surface area (Å²) in [6.45, 7) is 11.5.